The molecule has 1 aliphatic heterocycles. The zero-order chi connectivity index (χ0) is 16.1. The maximum absolute atomic E-state index is 12.2. The Morgan fingerprint density at radius 3 is 2.36 bits per heavy atom. The number of rotatable bonds is 1. The van der Waals surface area contributed by atoms with Crippen LogP contribution < -0.4 is 4.74 Å². The predicted molar refractivity (Wildman–Crippen MR) is 73.0 cm³/mol. The van der Waals surface area contributed by atoms with Gasteiger partial charge in [-0.05, 0) is 18.2 Å². The molecule has 0 radical (unpaired) electrons. The van der Waals surface area contributed by atoms with Crippen LogP contribution in [0, 0.1) is 0 Å². The lowest BCUT2D eigenvalue weighted by Crippen LogP contribution is -2.39. The van der Waals surface area contributed by atoms with E-state index < -0.39 is 29.5 Å². The van der Waals surface area contributed by atoms with Crippen LogP contribution in [0.2, 0.25) is 0 Å². The number of carbonyl (C=O) groups is 1. The van der Waals surface area contributed by atoms with Crippen molar-refractivity contribution in [3.63, 3.8) is 0 Å². The second kappa shape index (κ2) is 4.54. The smallest absolute Gasteiger partial charge is 0.242 e. The summed E-state index contributed by atoms with van der Waals surface area (Å²) < 4.78 is 5.35. The molecule has 22 heavy (non-hydrogen) atoms. The van der Waals surface area contributed by atoms with Crippen LogP contribution in [-0.4, -0.2) is 31.3 Å². The molecule has 0 fully saturated rings. The van der Waals surface area contributed by atoms with E-state index >= 15 is 0 Å². The fourth-order valence-corrected chi connectivity index (χ4v) is 2.40. The van der Waals surface area contributed by atoms with E-state index in [-0.39, 0.29) is 28.4 Å². The molecule has 7 nitrogen and oxygen atoms in total. The summed E-state index contributed by atoms with van der Waals surface area (Å²) >= 11 is 0. The number of phenolic OH excluding ortho intramolecular Hbond substituents is 4. The zero-order valence-corrected chi connectivity index (χ0v) is 11.1. The Labute approximate surface area is 124 Å². The number of hydrogen-bond donors (Lipinski definition) is 5. The molecule has 0 aliphatic carbocycles. The van der Waals surface area contributed by atoms with Crippen LogP contribution in [0.1, 0.15) is 22.3 Å². The molecule has 114 valence electrons. The first-order valence-corrected chi connectivity index (χ1v) is 6.33. The van der Waals surface area contributed by atoms with E-state index in [2.05, 4.69) is 0 Å². The van der Waals surface area contributed by atoms with Gasteiger partial charge in [-0.3, -0.25) is 4.79 Å². The van der Waals surface area contributed by atoms with Gasteiger partial charge in [0.2, 0.25) is 5.79 Å². The highest BCUT2D eigenvalue weighted by molar-refractivity contribution is 6.03. The van der Waals surface area contributed by atoms with Crippen LogP contribution in [0.3, 0.4) is 0 Å². The lowest BCUT2D eigenvalue weighted by Gasteiger charge is -2.33. The van der Waals surface area contributed by atoms with E-state index in [9.17, 15) is 30.3 Å². The molecule has 0 aromatic heterocycles. The molecule has 2 aromatic rings. The molecule has 0 saturated carbocycles. The van der Waals surface area contributed by atoms with Crippen LogP contribution in [0.5, 0.6) is 28.7 Å². The molecular formula is C15H12O7. The molecule has 5 N–H and O–H groups in total. The molecule has 1 atom stereocenters. The largest absolute Gasteiger partial charge is 0.508 e. The van der Waals surface area contributed by atoms with Gasteiger partial charge in [-0.25, -0.2) is 0 Å². The van der Waals surface area contributed by atoms with Crippen LogP contribution in [0.25, 0.3) is 0 Å². The van der Waals surface area contributed by atoms with E-state index in [4.69, 9.17) is 4.74 Å². The second-order valence-electron chi connectivity index (χ2n) is 5.03. The lowest BCUT2D eigenvalue weighted by molar-refractivity contribution is -0.147. The minimum Gasteiger partial charge on any atom is -0.508 e. The number of hydrogen-bond acceptors (Lipinski definition) is 7. The molecule has 0 saturated heterocycles. The molecule has 0 bridgehead atoms. The van der Waals surface area contributed by atoms with Crippen molar-refractivity contribution in [2.24, 2.45) is 0 Å². The zero-order valence-electron chi connectivity index (χ0n) is 11.1. The highest BCUT2D eigenvalue weighted by atomic mass is 16.6. The summed E-state index contributed by atoms with van der Waals surface area (Å²) in [6.45, 7) is 0. The Morgan fingerprint density at radius 1 is 0.955 bits per heavy atom. The van der Waals surface area contributed by atoms with Crippen molar-refractivity contribution in [3.8, 4) is 28.7 Å². The predicted octanol–water partition coefficient (Wildman–Crippen LogP) is 1.32. The molecular weight excluding hydrogens is 292 g/mol. The number of ketones is 1. The molecule has 3 rings (SSSR count). The van der Waals surface area contributed by atoms with Crippen molar-refractivity contribution in [2.75, 3.05) is 0 Å². The number of fused-ring (bicyclic) bond motifs is 1. The lowest BCUT2D eigenvalue weighted by atomic mass is 9.92. The fraction of sp³-hybridized carbons (Fsp3) is 0.133. The third kappa shape index (κ3) is 2.08. The van der Waals surface area contributed by atoms with Gasteiger partial charge in [-0.2, -0.15) is 0 Å². The van der Waals surface area contributed by atoms with Crippen molar-refractivity contribution in [3.05, 3.63) is 41.5 Å². The van der Waals surface area contributed by atoms with Crippen LogP contribution in [-0.2, 0) is 5.79 Å². The Balaban J connectivity index is 2.10. The maximum atomic E-state index is 12.2. The Hall–Kier alpha value is -2.93. The normalized spacial score (nSPS) is 20.3. The van der Waals surface area contributed by atoms with Gasteiger partial charge in [-0.1, -0.05) is 0 Å². The Morgan fingerprint density at radius 2 is 1.68 bits per heavy atom. The van der Waals surface area contributed by atoms with Crippen molar-refractivity contribution in [2.45, 2.75) is 12.2 Å². The van der Waals surface area contributed by atoms with Gasteiger partial charge in [-0.15, -0.1) is 0 Å². The molecule has 0 spiro atoms. The van der Waals surface area contributed by atoms with Gasteiger partial charge >= 0.3 is 0 Å². The van der Waals surface area contributed by atoms with E-state index in [1.165, 1.54) is 6.07 Å². The number of carbonyl (C=O) groups excluding carboxylic acids is 1. The summed E-state index contributed by atoms with van der Waals surface area (Å²) in [7, 11) is 0. The average Bonchev–Trinajstić information content (AvgIpc) is 2.40. The molecule has 2 aromatic carbocycles. The summed E-state index contributed by atoms with van der Waals surface area (Å²) in [5.41, 5.74) is -0.0879. The number of phenols is 4. The summed E-state index contributed by atoms with van der Waals surface area (Å²) in [5, 5.41) is 48.6. The van der Waals surface area contributed by atoms with Crippen molar-refractivity contribution < 1.29 is 35.1 Å². The minimum absolute atomic E-state index is 0.0460. The van der Waals surface area contributed by atoms with Crippen LogP contribution in [0.15, 0.2) is 30.3 Å². The molecule has 7 heteroatoms. The number of Topliss-reactive ketones (excluding diaryl/α,β-unsaturated/α-hetero) is 1. The Bertz CT molecular complexity index is 784. The summed E-state index contributed by atoms with van der Waals surface area (Å²) in [4.78, 5) is 12.2. The van der Waals surface area contributed by atoms with E-state index in [1.807, 2.05) is 0 Å². The Kier molecular flexibility index (Phi) is 2.89. The number of benzene rings is 2. The van der Waals surface area contributed by atoms with E-state index in [0.717, 1.165) is 24.3 Å². The van der Waals surface area contributed by atoms with Crippen molar-refractivity contribution in [1.82, 2.24) is 0 Å². The van der Waals surface area contributed by atoms with Gasteiger partial charge in [0.05, 0.1) is 6.42 Å². The van der Waals surface area contributed by atoms with Gasteiger partial charge in [0.15, 0.2) is 17.3 Å². The molecule has 1 unspecified atom stereocenters. The summed E-state index contributed by atoms with van der Waals surface area (Å²) in [6.07, 6.45) is -0.497. The third-order valence-electron chi connectivity index (χ3n) is 3.45. The van der Waals surface area contributed by atoms with Crippen LogP contribution >= 0.6 is 0 Å². The first-order valence-electron chi connectivity index (χ1n) is 6.33. The van der Waals surface area contributed by atoms with Crippen molar-refractivity contribution in [1.29, 1.82) is 0 Å². The molecule has 0 amide bonds. The van der Waals surface area contributed by atoms with Crippen molar-refractivity contribution >= 4 is 5.78 Å². The minimum atomic E-state index is -2.09. The van der Waals surface area contributed by atoms with E-state index in [0.29, 0.717) is 0 Å². The van der Waals surface area contributed by atoms with Gasteiger partial charge < -0.3 is 30.3 Å². The standard InChI is InChI=1S/C15H12O7/c16-8-4-11(19)14-12(20)6-15(21,22-13(14)5-8)7-1-2-9(17)10(18)3-7/h1-5,16-19,21H,6H2. The summed E-state index contributed by atoms with van der Waals surface area (Å²) in [6, 6.07) is 5.59. The first kappa shape index (κ1) is 14.0. The first-order chi connectivity index (χ1) is 10.3. The summed E-state index contributed by atoms with van der Waals surface area (Å²) in [5.74, 6) is -4.50. The highest BCUT2D eigenvalue weighted by Gasteiger charge is 2.42. The quantitative estimate of drug-likeness (QED) is 0.503. The van der Waals surface area contributed by atoms with E-state index in [1.54, 1.807) is 0 Å². The molecule has 1 heterocycles. The topological polar surface area (TPSA) is 127 Å². The van der Waals surface area contributed by atoms with Gasteiger partial charge in [0.1, 0.15) is 22.8 Å². The van der Waals surface area contributed by atoms with Gasteiger partial charge in [0, 0.05) is 17.7 Å². The van der Waals surface area contributed by atoms with Crippen LogP contribution in [0.4, 0.5) is 0 Å². The number of aromatic hydroxyl groups is 4. The number of aliphatic hydroxyl groups is 1. The van der Waals surface area contributed by atoms with Gasteiger partial charge in [0.25, 0.3) is 0 Å². The number of ether oxygens (including phenoxy) is 1. The maximum Gasteiger partial charge on any atom is 0.242 e. The third-order valence-corrected chi connectivity index (χ3v) is 3.45. The average molecular weight is 304 g/mol. The highest BCUT2D eigenvalue weighted by Crippen LogP contribution is 2.44. The molecule has 1 aliphatic rings. The second-order valence-corrected chi connectivity index (χ2v) is 5.03. The fourth-order valence-electron chi connectivity index (χ4n) is 2.40. The SMILES string of the molecule is O=C1CC(O)(c2ccc(O)c(O)c2)Oc2cc(O)cc(O)c21. The monoisotopic (exact) mass is 304 g/mol.